The molecule has 1 aliphatic heterocycles. The summed E-state index contributed by atoms with van der Waals surface area (Å²) in [5.74, 6) is -0.281. The van der Waals surface area contributed by atoms with Crippen LogP contribution in [-0.2, 0) is 4.79 Å². The highest BCUT2D eigenvalue weighted by atomic mass is 32.2. The molecule has 0 radical (unpaired) electrons. The van der Waals surface area contributed by atoms with E-state index in [1.807, 2.05) is 13.0 Å². The van der Waals surface area contributed by atoms with E-state index in [0.717, 1.165) is 18.5 Å². The molecule has 106 valence electrons. The van der Waals surface area contributed by atoms with Gasteiger partial charge in [-0.3, -0.25) is 4.79 Å². The van der Waals surface area contributed by atoms with Gasteiger partial charge in [0.2, 0.25) is 0 Å². The normalized spacial score (nSPS) is 25.8. The molecule has 2 atom stereocenters. The van der Waals surface area contributed by atoms with Crippen LogP contribution in [0.4, 0.5) is 0 Å². The van der Waals surface area contributed by atoms with Crippen LogP contribution in [0.5, 0.6) is 0 Å². The summed E-state index contributed by atoms with van der Waals surface area (Å²) in [5, 5.41) is 9.32. The third-order valence-electron chi connectivity index (χ3n) is 3.69. The van der Waals surface area contributed by atoms with Crippen LogP contribution in [0.15, 0.2) is 18.2 Å². The average Bonchev–Trinajstić information content (AvgIpc) is 3.16. The van der Waals surface area contributed by atoms with Gasteiger partial charge in [-0.1, -0.05) is 6.07 Å². The summed E-state index contributed by atoms with van der Waals surface area (Å²) in [6, 6.07) is 4.52. The first-order valence-corrected chi connectivity index (χ1v) is 7.73. The number of hydrogen-bond acceptors (Lipinski definition) is 4. The summed E-state index contributed by atoms with van der Waals surface area (Å²) in [6.07, 6.45) is 2.16. The van der Waals surface area contributed by atoms with Crippen molar-refractivity contribution in [2.24, 2.45) is 5.92 Å². The van der Waals surface area contributed by atoms with Crippen molar-refractivity contribution in [2.45, 2.75) is 31.2 Å². The Labute approximate surface area is 121 Å². The van der Waals surface area contributed by atoms with Gasteiger partial charge in [0.25, 0.3) is 5.91 Å². The van der Waals surface area contributed by atoms with E-state index in [4.69, 9.17) is 0 Å². The quantitative estimate of drug-likeness (QED) is 0.919. The Balaban J connectivity index is 1.90. The fraction of sp³-hybridized carbons (Fsp3) is 0.500. The van der Waals surface area contributed by atoms with Crippen molar-refractivity contribution < 1.29 is 14.7 Å². The van der Waals surface area contributed by atoms with E-state index >= 15 is 0 Å². The molecule has 2 fully saturated rings. The van der Waals surface area contributed by atoms with Gasteiger partial charge >= 0.3 is 5.97 Å². The summed E-state index contributed by atoms with van der Waals surface area (Å²) in [4.78, 5) is 29.8. The molecule has 20 heavy (non-hydrogen) atoms. The lowest BCUT2D eigenvalue weighted by Crippen LogP contribution is -2.46. The van der Waals surface area contributed by atoms with Gasteiger partial charge in [0.05, 0.1) is 5.37 Å². The maximum Gasteiger partial charge on any atom is 0.327 e. The molecule has 2 heterocycles. The third kappa shape index (κ3) is 2.40. The maximum absolute atomic E-state index is 12.6. The second-order valence-electron chi connectivity index (χ2n) is 5.29. The first kappa shape index (κ1) is 13.4. The van der Waals surface area contributed by atoms with Crippen LogP contribution in [0, 0.1) is 12.8 Å². The van der Waals surface area contributed by atoms with Crippen LogP contribution >= 0.6 is 11.8 Å². The van der Waals surface area contributed by atoms with Crippen LogP contribution in [-0.4, -0.2) is 44.0 Å². The molecule has 0 bridgehead atoms. The smallest absolute Gasteiger partial charge is 0.327 e. The van der Waals surface area contributed by atoms with Gasteiger partial charge in [0.1, 0.15) is 11.7 Å². The number of carboxylic acid groups (broad SMARTS) is 1. The summed E-state index contributed by atoms with van der Waals surface area (Å²) in [7, 11) is 0. The Morgan fingerprint density at radius 2 is 2.15 bits per heavy atom. The number of carbonyl (C=O) groups excluding carboxylic acids is 1. The molecule has 1 saturated carbocycles. The van der Waals surface area contributed by atoms with E-state index < -0.39 is 12.0 Å². The van der Waals surface area contributed by atoms with Crippen LogP contribution in [0.25, 0.3) is 0 Å². The van der Waals surface area contributed by atoms with Gasteiger partial charge in [-0.2, -0.15) is 0 Å². The van der Waals surface area contributed by atoms with E-state index in [1.54, 1.807) is 23.9 Å². The fourth-order valence-electron chi connectivity index (χ4n) is 2.51. The maximum atomic E-state index is 12.6. The summed E-state index contributed by atoms with van der Waals surface area (Å²) in [5.41, 5.74) is 1.10. The molecular formula is C14H16N2O3S. The number of rotatable bonds is 3. The van der Waals surface area contributed by atoms with Gasteiger partial charge in [-0.05, 0) is 37.8 Å². The first-order chi connectivity index (χ1) is 9.58. The molecule has 1 amide bonds. The number of thioether (sulfide) groups is 1. The van der Waals surface area contributed by atoms with Crippen molar-refractivity contribution in [1.29, 1.82) is 0 Å². The van der Waals surface area contributed by atoms with E-state index in [0.29, 0.717) is 17.4 Å². The molecule has 1 saturated heterocycles. The van der Waals surface area contributed by atoms with Gasteiger partial charge in [-0.25, -0.2) is 9.78 Å². The minimum atomic E-state index is -0.929. The SMILES string of the molecule is Cc1cccc(C(=O)N2C(C(=O)O)CSC2C2CC2)n1. The molecule has 1 N–H and O–H groups in total. The Bertz CT molecular complexity index is 559. The Morgan fingerprint density at radius 1 is 1.40 bits per heavy atom. The fourth-order valence-corrected chi connectivity index (χ4v) is 4.14. The minimum absolute atomic E-state index is 0.00841. The predicted octanol–water partition coefficient (Wildman–Crippen LogP) is 1.77. The lowest BCUT2D eigenvalue weighted by molar-refractivity contribution is -0.141. The molecule has 0 spiro atoms. The second-order valence-corrected chi connectivity index (χ2v) is 6.44. The minimum Gasteiger partial charge on any atom is -0.480 e. The highest BCUT2D eigenvalue weighted by molar-refractivity contribution is 8.00. The van der Waals surface area contributed by atoms with Crippen molar-refractivity contribution in [1.82, 2.24) is 9.88 Å². The zero-order chi connectivity index (χ0) is 14.3. The first-order valence-electron chi connectivity index (χ1n) is 6.68. The average molecular weight is 292 g/mol. The molecule has 1 aromatic heterocycles. The van der Waals surface area contributed by atoms with Gasteiger partial charge in [-0.15, -0.1) is 11.8 Å². The number of nitrogens with zero attached hydrogens (tertiary/aromatic N) is 2. The number of pyridine rings is 1. The van der Waals surface area contributed by atoms with Crippen molar-refractivity contribution in [3.05, 3.63) is 29.6 Å². The van der Waals surface area contributed by atoms with Crippen molar-refractivity contribution in [3.8, 4) is 0 Å². The Kier molecular flexibility index (Phi) is 3.41. The van der Waals surface area contributed by atoms with Gasteiger partial charge in [0.15, 0.2) is 0 Å². The molecule has 3 rings (SSSR count). The van der Waals surface area contributed by atoms with Gasteiger partial charge < -0.3 is 10.0 Å². The standard InChI is InChI=1S/C14H16N2O3S/c1-8-3-2-4-10(15-8)12(17)16-11(14(18)19)7-20-13(16)9-5-6-9/h2-4,9,11,13H,5-7H2,1H3,(H,18,19). The monoisotopic (exact) mass is 292 g/mol. The molecule has 1 aromatic rings. The Morgan fingerprint density at radius 3 is 2.75 bits per heavy atom. The molecule has 6 heteroatoms. The molecule has 2 aliphatic rings. The zero-order valence-corrected chi connectivity index (χ0v) is 12.0. The highest BCUT2D eigenvalue weighted by Gasteiger charge is 2.48. The van der Waals surface area contributed by atoms with E-state index in [2.05, 4.69) is 4.98 Å². The van der Waals surface area contributed by atoms with Crippen LogP contribution < -0.4 is 0 Å². The van der Waals surface area contributed by atoms with Crippen LogP contribution in [0.1, 0.15) is 29.0 Å². The largest absolute Gasteiger partial charge is 0.480 e. The Hall–Kier alpha value is -1.56. The van der Waals surface area contributed by atoms with Gasteiger partial charge in [0, 0.05) is 11.4 Å². The topological polar surface area (TPSA) is 70.5 Å². The molecular weight excluding hydrogens is 276 g/mol. The van der Waals surface area contributed by atoms with E-state index in [1.165, 1.54) is 4.90 Å². The number of aromatic nitrogens is 1. The van der Waals surface area contributed by atoms with Crippen LogP contribution in [0.3, 0.4) is 0 Å². The lowest BCUT2D eigenvalue weighted by atomic mass is 10.2. The lowest BCUT2D eigenvalue weighted by Gasteiger charge is -2.27. The van der Waals surface area contributed by atoms with Crippen LogP contribution in [0.2, 0.25) is 0 Å². The van der Waals surface area contributed by atoms with Crippen molar-refractivity contribution in [3.63, 3.8) is 0 Å². The molecule has 1 aliphatic carbocycles. The molecule has 5 nitrogen and oxygen atoms in total. The number of aliphatic carboxylic acids is 1. The summed E-state index contributed by atoms with van der Waals surface area (Å²) >= 11 is 1.58. The van der Waals surface area contributed by atoms with E-state index in [9.17, 15) is 14.7 Å². The van der Waals surface area contributed by atoms with E-state index in [-0.39, 0.29) is 11.3 Å². The summed E-state index contributed by atoms with van der Waals surface area (Å²) in [6.45, 7) is 1.82. The van der Waals surface area contributed by atoms with Crippen molar-refractivity contribution >= 4 is 23.6 Å². The predicted molar refractivity (Wildman–Crippen MR) is 75.5 cm³/mol. The number of hydrogen-bond donors (Lipinski definition) is 1. The summed E-state index contributed by atoms with van der Waals surface area (Å²) < 4.78 is 0. The highest BCUT2D eigenvalue weighted by Crippen LogP contribution is 2.45. The number of amides is 1. The zero-order valence-electron chi connectivity index (χ0n) is 11.2. The molecule has 0 aromatic carbocycles. The van der Waals surface area contributed by atoms with Crippen molar-refractivity contribution in [2.75, 3.05) is 5.75 Å². The number of carbonyl (C=O) groups is 2. The third-order valence-corrected chi connectivity index (χ3v) is 5.15. The second kappa shape index (κ2) is 5.09. The molecule has 2 unspecified atom stereocenters. The number of aryl methyl sites for hydroxylation is 1. The number of carboxylic acids is 1.